The zero-order valence-corrected chi connectivity index (χ0v) is 16.7. The number of benzene rings is 2. The van der Waals surface area contributed by atoms with Crippen LogP contribution in [0.5, 0.6) is 0 Å². The Labute approximate surface area is 186 Å². The van der Waals surface area contributed by atoms with Gasteiger partial charge in [-0.2, -0.15) is 27.1 Å². The summed E-state index contributed by atoms with van der Waals surface area (Å²) in [6.45, 7) is 0.0343. The molecule has 7 nitrogen and oxygen atoms in total. The molecule has 0 atom stereocenters. The standard InChI is InChI=1S/C21H11F6N5O2/c22-13-3-4-15(16(6-13)32-9-12(7-28-32)21(25,26)27)31-8-11-2-1-10(5-14(11)20(31)33)18-29-30-19(34-18)17(23)24/h1-7,9,17H,8H2. The maximum absolute atomic E-state index is 14.0. The molecule has 13 heteroatoms. The van der Waals surface area contributed by atoms with Gasteiger partial charge >= 0.3 is 12.6 Å². The van der Waals surface area contributed by atoms with Gasteiger partial charge in [0.2, 0.25) is 5.89 Å². The molecule has 4 aromatic rings. The molecule has 1 aliphatic heterocycles. The topological polar surface area (TPSA) is 77.0 Å². The van der Waals surface area contributed by atoms with Gasteiger partial charge in [-0.3, -0.25) is 4.79 Å². The van der Waals surface area contributed by atoms with E-state index in [0.29, 0.717) is 18.0 Å². The highest BCUT2D eigenvalue weighted by Gasteiger charge is 2.34. The quantitative estimate of drug-likeness (QED) is 0.377. The molecule has 174 valence electrons. The van der Waals surface area contributed by atoms with Crippen LogP contribution in [-0.4, -0.2) is 25.9 Å². The monoisotopic (exact) mass is 479 g/mol. The lowest BCUT2D eigenvalue weighted by Crippen LogP contribution is -2.24. The molecular formula is C21H11F6N5O2. The van der Waals surface area contributed by atoms with Gasteiger partial charge in [0, 0.05) is 23.4 Å². The van der Waals surface area contributed by atoms with E-state index in [4.69, 9.17) is 4.42 Å². The average molecular weight is 479 g/mol. The second kappa shape index (κ2) is 7.71. The SMILES string of the molecule is O=C1c2cc(-c3nnc(C(F)F)o3)ccc2CN1c1ccc(F)cc1-n1cc(C(F)(F)F)cn1. The summed E-state index contributed by atoms with van der Waals surface area (Å²) < 4.78 is 84.2. The van der Waals surface area contributed by atoms with Crippen molar-refractivity contribution < 1.29 is 35.6 Å². The predicted octanol–water partition coefficient (Wildman–Crippen LogP) is 5.18. The van der Waals surface area contributed by atoms with Gasteiger partial charge in [0.15, 0.2) is 0 Å². The molecule has 0 radical (unpaired) electrons. The zero-order chi connectivity index (χ0) is 24.2. The van der Waals surface area contributed by atoms with Crippen molar-refractivity contribution in [2.45, 2.75) is 19.1 Å². The van der Waals surface area contributed by atoms with Crippen LogP contribution in [0.4, 0.5) is 32.0 Å². The minimum Gasteiger partial charge on any atom is -0.415 e. The first-order valence-electron chi connectivity index (χ1n) is 9.60. The molecule has 5 rings (SSSR count). The van der Waals surface area contributed by atoms with Gasteiger partial charge in [-0.1, -0.05) is 6.07 Å². The number of carbonyl (C=O) groups excluding carboxylic acids is 1. The van der Waals surface area contributed by atoms with Crippen molar-refractivity contribution in [3.8, 4) is 17.1 Å². The maximum Gasteiger partial charge on any atom is 0.419 e. The number of anilines is 1. The Balaban J connectivity index is 1.51. The van der Waals surface area contributed by atoms with E-state index in [1.165, 1.54) is 23.1 Å². The van der Waals surface area contributed by atoms with Gasteiger partial charge < -0.3 is 9.32 Å². The maximum atomic E-state index is 14.0. The van der Waals surface area contributed by atoms with Crippen molar-refractivity contribution >= 4 is 11.6 Å². The fraction of sp³-hybridized carbons (Fsp3) is 0.143. The third-order valence-corrected chi connectivity index (χ3v) is 5.17. The van der Waals surface area contributed by atoms with Crippen LogP contribution in [-0.2, 0) is 12.7 Å². The minimum absolute atomic E-state index is 0.0343. The van der Waals surface area contributed by atoms with Crippen molar-refractivity contribution in [1.29, 1.82) is 0 Å². The second-order valence-corrected chi connectivity index (χ2v) is 7.31. The lowest BCUT2D eigenvalue weighted by molar-refractivity contribution is -0.137. The molecular weight excluding hydrogens is 468 g/mol. The zero-order valence-electron chi connectivity index (χ0n) is 16.7. The van der Waals surface area contributed by atoms with Gasteiger partial charge in [-0.05, 0) is 29.8 Å². The number of aromatic nitrogens is 4. The lowest BCUT2D eigenvalue weighted by atomic mass is 10.1. The first kappa shape index (κ1) is 21.7. The van der Waals surface area contributed by atoms with Crippen molar-refractivity contribution in [1.82, 2.24) is 20.0 Å². The first-order valence-corrected chi connectivity index (χ1v) is 9.60. The number of alkyl halides is 5. The highest BCUT2D eigenvalue weighted by atomic mass is 19.4. The van der Waals surface area contributed by atoms with Crippen molar-refractivity contribution in [3.63, 3.8) is 0 Å². The van der Waals surface area contributed by atoms with Crippen LogP contribution in [0.2, 0.25) is 0 Å². The van der Waals surface area contributed by atoms with Crippen LogP contribution >= 0.6 is 0 Å². The predicted molar refractivity (Wildman–Crippen MR) is 104 cm³/mol. The van der Waals surface area contributed by atoms with Gasteiger partial charge in [0.1, 0.15) is 5.82 Å². The smallest absolute Gasteiger partial charge is 0.415 e. The summed E-state index contributed by atoms with van der Waals surface area (Å²) in [4.78, 5) is 14.4. The van der Waals surface area contributed by atoms with Crippen LogP contribution < -0.4 is 4.90 Å². The Bertz CT molecular complexity index is 1410. The molecule has 0 saturated heterocycles. The molecule has 0 spiro atoms. The molecule has 0 bridgehead atoms. The van der Waals surface area contributed by atoms with Crippen LogP contribution in [0.15, 0.2) is 53.2 Å². The Morgan fingerprint density at radius 2 is 1.82 bits per heavy atom. The van der Waals surface area contributed by atoms with E-state index in [-0.39, 0.29) is 34.9 Å². The van der Waals surface area contributed by atoms with E-state index in [9.17, 15) is 31.1 Å². The third-order valence-electron chi connectivity index (χ3n) is 5.17. The van der Waals surface area contributed by atoms with Gasteiger partial charge in [0.05, 0.1) is 29.7 Å². The van der Waals surface area contributed by atoms with E-state index in [1.807, 2.05) is 0 Å². The van der Waals surface area contributed by atoms with Crippen LogP contribution in [0.1, 0.15) is 33.8 Å². The number of hydrogen-bond donors (Lipinski definition) is 0. The summed E-state index contributed by atoms with van der Waals surface area (Å²) in [6, 6.07) is 7.75. The molecule has 0 unspecified atom stereocenters. The summed E-state index contributed by atoms with van der Waals surface area (Å²) in [6.07, 6.45) is -6.31. The Kier molecular flexibility index (Phi) is 4.92. The van der Waals surface area contributed by atoms with E-state index in [1.54, 1.807) is 6.07 Å². The molecule has 1 amide bonds. The molecule has 0 N–H and O–H groups in total. The number of nitrogens with zero attached hydrogens (tertiary/aromatic N) is 5. The average Bonchev–Trinajstić information content (AvgIpc) is 3.52. The highest BCUT2D eigenvalue weighted by molar-refractivity contribution is 6.11. The number of carbonyl (C=O) groups is 1. The molecule has 1 aliphatic rings. The summed E-state index contributed by atoms with van der Waals surface area (Å²) in [7, 11) is 0. The Morgan fingerprint density at radius 1 is 1.03 bits per heavy atom. The van der Waals surface area contributed by atoms with E-state index in [2.05, 4.69) is 15.3 Å². The van der Waals surface area contributed by atoms with E-state index >= 15 is 0 Å². The molecule has 0 fully saturated rings. The lowest BCUT2D eigenvalue weighted by Gasteiger charge is -2.19. The van der Waals surface area contributed by atoms with Crippen molar-refractivity contribution in [2.75, 3.05) is 4.90 Å². The van der Waals surface area contributed by atoms with Crippen LogP contribution in [0.3, 0.4) is 0 Å². The molecule has 2 aromatic carbocycles. The van der Waals surface area contributed by atoms with Gasteiger partial charge in [-0.15, -0.1) is 10.2 Å². The van der Waals surface area contributed by atoms with E-state index < -0.39 is 35.8 Å². The van der Waals surface area contributed by atoms with Crippen LogP contribution in [0, 0.1) is 5.82 Å². The normalized spacial score (nSPS) is 13.7. The summed E-state index contributed by atoms with van der Waals surface area (Å²) in [5.41, 5.74) is -0.00937. The van der Waals surface area contributed by atoms with Gasteiger partial charge in [0.25, 0.3) is 11.8 Å². The van der Waals surface area contributed by atoms with Gasteiger partial charge in [-0.25, -0.2) is 9.07 Å². The van der Waals surface area contributed by atoms with E-state index in [0.717, 1.165) is 16.8 Å². The second-order valence-electron chi connectivity index (χ2n) is 7.31. The highest BCUT2D eigenvalue weighted by Crippen LogP contribution is 2.36. The number of amides is 1. The molecule has 2 aromatic heterocycles. The fourth-order valence-corrected chi connectivity index (χ4v) is 3.58. The number of hydrogen-bond acceptors (Lipinski definition) is 5. The Hall–Kier alpha value is -4.16. The summed E-state index contributed by atoms with van der Waals surface area (Å²) in [5, 5.41) is 10.5. The number of fused-ring (bicyclic) bond motifs is 1. The molecule has 0 saturated carbocycles. The largest absolute Gasteiger partial charge is 0.419 e. The van der Waals surface area contributed by atoms with Crippen molar-refractivity contribution in [2.24, 2.45) is 0 Å². The summed E-state index contributed by atoms with van der Waals surface area (Å²) >= 11 is 0. The van der Waals surface area contributed by atoms with Crippen LogP contribution in [0.25, 0.3) is 17.1 Å². The number of halogens is 6. The third kappa shape index (κ3) is 3.68. The molecule has 3 heterocycles. The summed E-state index contributed by atoms with van der Waals surface area (Å²) in [5.74, 6) is -2.35. The Morgan fingerprint density at radius 3 is 2.50 bits per heavy atom. The first-order chi connectivity index (χ1) is 16.1. The number of rotatable bonds is 4. The fourth-order valence-electron chi connectivity index (χ4n) is 3.58. The minimum atomic E-state index is -4.65. The molecule has 34 heavy (non-hydrogen) atoms. The molecule has 0 aliphatic carbocycles. The van der Waals surface area contributed by atoms with Crippen molar-refractivity contribution in [3.05, 3.63) is 77.2 Å².